The SMILES string of the molecule is CCC1COC(c2ccc(Cl)cc2)N1C(=O)Nc1ccc(OC)cc1. The van der Waals surface area contributed by atoms with Crippen molar-refractivity contribution in [2.75, 3.05) is 19.0 Å². The van der Waals surface area contributed by atoms with Gasteiger partial charge in [-0.1, -0.05) is 30.7 Å². The first-order valence-electron chi connectivity index (χ1n) is 8.22. The normalized spacial score (nSPS) is 19.7. The van der Waals surface area contributed by atoms with Crippen LogP contribution in [0.25, 0.3) is 0 Å². The molecule has 25 heavy (non-hydrogen) atoms. The lowest BCUT2D eigenvalue weighted by molar-refractivity contribution is 0.0509. The van der Waals surface area contributed by atoms with Crippen LogP contribution < -0.4 is 10.1 Å². The molecular formula is C19H21ClN2O3. The molecule has 5 nitrogen and oxygen atoms in total. The Kier molecular flexibility index (Phi) is 5.46. The Morgan fingerprint density at radius 2 is 1.92 bits per heavy atom. The van der Waals surface area contributed by atoms with Gasteiger partial charge in [0.1, 0.15) is 5.75 Å². The first-order chi connectivity index (χ1) is 12.1. The number of methoxy groups -OCH3 is 1. The van der Waals surface area contributed by atoms with Gasteiger partial charge in [0.2, 0.25) is 0 Å². The van der Waals surface area contributed by atoms with Crippen LogP contribution in [0.1, 0.15) is 25.1 Å². The molecule has 1 aliphatic heterocycles. The first kappa shape index (κ1) is 17.6. The van der Waals surface area contributed by atoms with E-state index < -0.39 is 6.23 Å². The lowest BCUT2D eigenvalue weighted by atomic mass is 10.1. The largest absolute Gasteiger partial charge is 0.497 e. The molecule has 0 aromatic heterocycles. The van der Waals surface area contributed by atoms with Gasteiger partial charge < -0.3 is 14.8 Å². The standard InChI is InChI=1S/C19H21ClN2O3/c1-3-16-12-25-18(13-4-6-14(20)7-5-13)22(16)19(23)21-15-8-10-17(24-2)11-9-15/h4-11,16,18H,3,12H2,1-2H3,(H,21,23). The van der Waals surface area contributed by atoms with Crippen molar-refractivity contribution in [3.05, 3.63) is 59.1 Å². The minimum absolute atomic E-state index is 0.0268. The number of anilines is 1. The first-order valence-corrected chi connectivity index (χ1v) is 8.60. The fourth-order valence-electron chi connectivity index (χ4n) is 2.89. The van der Waals surface area contributed by atoms with Gasteiger partial charge in [0.05, 0.1) is 19.8 Å². The molecule has 0 bridgehead atoms. The zero-order valence-corrected chi connectivity index (χ0v) is 15.0. The van der Waals surface area contributed by atoms with Gasteiger partial charge in [-0.3, -0.25) is 4.90 Å². The van der Waals surface area contributed by atoms with Gasteiger partial charge in [0, 0.05) is 16.3 Å². The van der Waals surface area contributed by atoms with E-state index in [0.29, 0.717) is 17.3 Å². The van der Waals surface area contributed by atoms with Crippen molar-refractivity contribution < 1.29 is 14.3 Å². The van der Waals surface area contributed by atoms with Crippen LogP contribution in [0.3, 0.4) is 0 Å². The summed E-state index contributed by atoms with van der Waals surface area (Å²) in [6, 6.07) is 14.5. The van der Waals surface area contributed by atoms with E-state index in [1.54, 1.807) is 24.1 Å². The lowest BCUT2D eigenvalue weighted by Gasteiger charge is -2.28. The van der Waals surface area contributed by atoms with Gasteiger partial charge in [-0.2, -0.15) is 0 Å². The summed E-state index contributed by atoms with van der Waals surface area (Å²) < 4.78 is 11.0. The second-order valence-corrected chi connectivity index (χ2v) is 6.30. The molecule has 0 spiro atoms. The molecule has 2 aromatic rings. The molecular weight excluding hydrogens is 340 g/mol. The minimum atomic E-state index is -0.416. The number of amides is 2. The van der Waals surface area contributed by atoms with Crippen molar-refractivity contribution in [2.45, 2.75) is 25.6 Å². The topological polar surface area (TPSA) is 50.8 Å². The van der Waals surface area contributed by atoms with Crippen molar-refractivity contribution >= 4 is 23.3 Å². The number of halogens is 1. The predicted octanol–water partition coefficient (Wildman–Crippen LogP) is 4.69. The van der Waals surface area contributed by atoms with E-state index in [0.717, 1.165) is 17.7 Å². The number of hydrogen-bond donors (Lipinski definition) is 1. The van der Waals surface area contributed by atoms with Crippen LogP contribution in [0.2, 0.25) is 5.02 Å². The quantitative estimate of drug-likeness (QED) is 0.860. The average molecular weight is 361 g/mol. The van der Waals surface area contributed by atoms with E-state index in [1.807, 2.05) is 43.3 Å². The number of ether oxygens (including phenoxy) is 2. The van der Waals surface area contributed by atoms with E-state index in [4.69, 9.17) is 21.1 Å². The van der Waals surface area contributed by atoms with Gasteiger partial charge in [-0.05, 0) is 42.8 Å². The van der Waals surface area contributed by atoms with Crippen LogP contribution >= 0.6 is 11.6 Å². The molecule has 2 atom stereocenters. The number of carbonyl (C=O) groups excluding carboxylic acids is 1. The van der Waals surface area contributed by atoms with E-state index in [2.05, 4.69) is 5.32 Å². The number of carbonyl (C=O) groups is 1. The summed E-state index contributed by atoms with van der Waals surface area (Å²) in [4.78, 5) is 14.6. The summed E-state index contributed by atoms with van der Waals surface area (Å²) in [5.74, 6) is 0.744. The molecule has 3 rings (SSSR count). The minimum Gasteiger partial charge on any atom is -0.497 e. The number of nitrogens with zero attached hydrogens (tertiary/aromatic N) is 1. The molecule has 2 aromatic carbocycles. The van der Waals surface area contributed by atoms with Gasteiger partial charge in [-0.25, -0.2) is 4.79 Å². The molecule has 1 aliphatic rings. The number of benzene rings is 2. The van der Waals surface area contributed by atoms with Gasteiger partial charge >= 0.3 is 6.03 Å². The summed E-state index contributed by atoms with van der Waals surface area (Å²) >= 11 is 5.96. The fourth-order valence-corrected chi connectivity index (χ4v) is 3.01. The molecule has 2 amide bonds. The Morgan fingerprint density at radius 3 is 2.52 bits per heavy atom. The number of nitrogens with one attached hydrogen (secondary N) is 1. The second-order valence-electron chi connectivity index (χ2n) is 5.87. The van der Waals surface area contributed by atoms with Crippen molar-refractivity contribution in [3.63, 3.8) is 0 Å². The van der Waals surface area contributed by atoms with Crippen LogP contribution in [-0.4, -0.2) is 30.7 Å². The van der Waals surface area contributed by atoms with E-state index in [1.165, 1.54) is 0 Å². The third-order valence-corrected chi connectivity index (χ3v) is 4.55. The maximum Gasteiger partial charge on any atom is 0.324 e. The number of urea groups is 1. The Morgan fingerprint density at radius 1 is 1.24 bits per heavy atom. The van der Waals surface area contributed by atoms with Crippen molar-refractivity contribution in [2.24, 2.45) is 0 Å². The average Bonchev–Trinajstić information content (AvgIpc) is 3.07. The Bertz CT molecular complexity index is 718. The third kappa shape index (κ3) is 3.89. The molecule has 0 aliphatic carbocycles. The summed E-state index contributed by atoms with van der Waals surface area (Å²) in [6.45, 7) is 2.56. The molecule has 0 saturated carbocycles. The highest BCUT2D eigenvalue weighted by Gasteiger charge is 2.38. The molecule has 1 saturated heterocycles. The smallest absolute Gasteiger partial charge is 0.324 e. The van der Waals surface area contributed by atoms with Gasteiger partial charge in [-0.15, -0.1) is 0 Å². The van der Waals surface area contributed by atoms with Crippen LogP contribution in [0.4, 0.5) is 10.5 Å². The monoisotopic (exact) mass is 360 g/mol. The van der Waals surface area contributed by atoms with Gasteiger partial charge in [0.15, 0.2) is 6.23 Å². The molecule has 1 fully saturated rings. The van der Waals surface area contributed by atoms with Crippen LogP contribution in [0.15, 0.2) is 48.5 Å². The number of hydrogen-bond acceptors (Lipinski definition) is 3. The highest BCUT2D eigenvalue weighted by Crippen LogP contribution is 2.33. The molecule has 2 unspecified atom stereocenters. The van der Waals surface area contributed by atoms with Gasteiger partial charge in [0.25, 0.3) is 0 Å². The van der Waals surface area contributed by atoms with Crippen LogP contribution in [0.5, 0.6) is 5.75 Å². The third-order valence-electron chi connectivity index (χ3n) is 4.29. The van der Waals surface area contributed by atoms with E-state index in [9.17, 15) is 4.79 Å². The highest BCUT2D eigenvalue weighted by molar-refractivity contribution is 6.30. The van der Waals surface area contributed by atoms with Crippen LogP contribution in [-0.2, 0) is 4.74 Å². The fraction of sp³-hybridized carbons (Fsp3) is 0.316. The maximum absolute atomic E-state index is 12.9. The lowest BCUT2D eigenvalue weighted by Crippen LogP contribution is -2.40. The Hall–Kier alpha value is -2.24. The molecule has 6 heteroatoms. The van der Waals surface area contributed by atoms with Crippen molar-refractivity contribution in [3.8, 4) is 5.75 Å². The summed E-state index contributed by atoms with van der Waals surface area (Å²) in [7, 11) is 1.61. The van der Waals surface area contributed by atoms with E-state index in [-0.39, 0.29) is 12.1 Å². The highest BCUT2D eigenvalue weighted by atomic mass is 35.5. The Labute approximate surface area is 152 Å². The molecule has 0 radical (unpaired) electrons. The molecule has 1 N–H and O–H groups in total. The zero-order chi connectivity index (χ0) is 17.8. The summed E-state index contributed by atoms with van der Waals surface area (Å²) in [6.07, 6.45) is 0.403. The molecule has 132 valence electrons. The summed E-state index contributed by atoms with van der Waals surface area (Å²) in [5.41, 5.74) is 1.62. The number of rotatable bonds is 4. The van der Waals surface area contributed by atoms with Crippen LogP contribution in [0, 0.1) is 0 Å². The van der Waals surface area contributed by atoms with Crippen molar-refractivity contribution in [1.29, 1.82) is 0 Å². The zero-order valence-electron chi connectivity index (χ0n) is 14.2. The maximum atomic E-state index is 12.9. The Balaban J connectivity index is 1.79. The molecule has 1 heterocycles. The second kappa shape index (κ2) is 7.76. The summed E-state index contributed by atoms with van der Waals surface area (Å²) in [5, 5.41) is 3.59. The predicted molar refractivity (Wildman–Crippen MR) is 98.1 cm³/mol. The van der Waals surface area contributed by atoms with Crippen molar-refractivity contribution in [1.82, 2.24) is 4.90 Å². The van der Waals surface area contributed by atoms with E-state index >= 15 is 0 Å².